The van der Waals surface area contributed by atoms with Crippen LogP contribution in [-0.4, -0.2) is 10.1 Å². The van der Waals surface area contributed by atoms with E-state index in [1.807, 2.05) is 44.2 Å². The largest absolute Gasteiger partial charge is 0.505 e. The van der Waals surface area contributed by atoms with E-state index in [1.54, 1.807) is 0 Å². The van der Waals surface area contributed by atoms with Crippen LogP contribution in [0, 0.1) is 20.8 Å². The van der Waals surface area contributed by atoms with Crippen molar-refractivity contribution in [2.75, 3.05) is 5.32 Å². The van der Waals surface area contributed by atoms with Crippen LogP contribution in [0.3, 0.4) is 0 Å². The smallest absolute Gasteiger partial charge is 0.144 e. The van der Waals surface area contributed by atoms with Gasteiger partial charge in [-0.3, -0.25) is 0 Å². The van der Waals surface area contributed by atoms with E-state index in [0.29, 0.717) is 12.1 Å². The number of pyridine rings is 1. The van der Waals surface area contributed by atoms with Gasteiger partial charge in [0.05, 0.1) is 12.2 Å². The number of rotatable bonds is 3. The van der Waals surface area contributed by atoms with Gasteiger partial charge < -0.3 is 10.4 Å². The molecule has 0 aliphatic carbocycles. The van der Waals surface area contributed by atoms with Crippen molar-refractivity contribution < 1.29 is 5.11 Å². The number of aromatic nitrogens is 1. The minimum Gasteiger partial charge on any atom is -0.505 e. The van der Waals surface area contributed by atoms with Gasteiger partial charge in [0.15, 0.2) is 0 Å². The molecule has 2 N–H and O–H groups in total. The third kappa shape index (κ3) is 2.75. The molecule has 22 heavy (non-hydrogen) atoms. The summed E-state index contributed by atoms with van der Waals surface area (Å²) in [5.41, 5.74) is 5.89. The molecular formula is C19H20N2O. The molecular weight excluding hydrogens is 272 g/mol. The van der Waals surface area contributed by atoms with Gasteiger partial charge in [-0.2, -0.15) is 0 Å². The lowest BCUT2D eigenvalue weighted by molar-refractivity contribution is 0.476. The summed E-state index contributed by atoms with van der Waals surface area (Å²) in [5.74, 6) is 0.276. The zero-order chi connectivity index (χ0) is 15.7. The Morgan fingerprint density at radius 1 is 1.00 bits per heavy atom. The molecule has 0 saturated heterocycles. The molecule has 0 spiro atoms. The average Bonchev–Trinajstić information content (AvgIpc) is 2.50. The summed E-state index contributed by atoms with van der Waals surface area (Å²) in [6.07, 6.45) is 0. The van der Waals surface area contributed by atoms with Crippen LogP contribution in [0.1, 0.15) is 22.4 Å². The lowest BCUT2D eigenvalue weighted by atomic mass is 10.0. The van der Waals surface area contributed by atoms with Crippen molar-refractivity contribution in [1.82, 2.24) is 4.98 Å². The van der Waals surface area contributed by atoms with Crippen LogP contribution in [-0.2, 0) is 6.54 Å². The highest BCUT2D eigenvalue weighted by Crippen LogP contribution is 2.29. The van der Waals surface area contributed by atoms with Crippen molar-refractivity contribution >= 4 is 16.6 Å². The van der Waals surface area contributed by atoms with Crippen molar-refractivity contribution in [3.63, 3.8) is 0 Å². The second-order valence-corrected chi connectivity index (χ2v) is 5.78. The number of anilines is 1. The molecule has 0 bridgehead atoms. The normalized spacial score (nSPS) is 10.9. The van der Waals surface area contributed by atoms with E-state index in [-0.39, 0.29) is 5.75 Å². The molecule has 3 rings (SSSR count). The summed E-state index contributed by atoms with van der Waals surface area (Å²) in [5, 5.41) is 14.6. The Balaban J connectivity index is 1.90. The Morgan fingerprint density at radius 2 is 1.82 bits per heavy atom. The number of hydrogen-bond acceptors (Lipinski definition) is 3. The SMILES string of the molecule is Cc1cccc(NCc2ccc3c(C)cc(C)c(O)c3n2)c1. The van der Waals surface area contributed by atoms with E-state index >= 15 is 0 Å². The quantitative estimate of drug-likeness (QED) is 0.748. The van der Waals surface area contributed by atoms with Crippen LogP contribution < -0.4 is 5.32 Å². The van der Waals surface area contributed by atoms with Crippen molar-refractivity contribution in [3.05, 3.63) is 64.8 Å². The summed E-state index contributed by atoms with van der Waals surface area (Å²) in [6, 6.07) is 14.3. The van der Waals surface area contributed by atoms with E-state index in [9.17, 15) is 5.11 Å². The Kier molecular flexibility index (Phi) is 3.72. The predicted molar refractivity (Wildman–Crippen MR) is 91.4 cm³/mol. The summed E-state index contributed by atoms with van der Waals surface area (Å²) in [7, 11) is 0. The van der Waals surface area contributed by atoms with E-state index in [4.69, 9.17) is 0 Å². The molecule has 1 aromatic heterocycles. The number of phenolic OH excluding ortho intramolecular Hbond substituents is 1. The lowest BCUT2D eigenvalue weighted by Gasteiger charge is -2.10. The highest BCUT2D eigenvalue weighted by atomic mass is 16.3. The standard InChI is InChI=1S/C19H20N2O/c1-12-5-4-6-15(9-12)20-11-16-7-8-17-13(2)10-14(3)19(22)18(17)21-16/h4-10,20,22H,11H2,1-3H3. The van der Waals surface area contributed by atoms with E-state index in [0.717, 1.165) is 27.9 Å². The van der Waals surface area contributed by atoms with Gasteiger partial charge in [0.25, 0.3) is 0 Å². The minimum atomic E-state index is 0.276. The van der Waals surface area contributed by atoms with Gasteiger partial charge in [-0.25, -0.2) is 4.98 Å². The Bertz CT molecular complexity index is 840. The first-order valence-electron chi connectivity index (χ1n) is 7.44. The van der Waals surface area contributed by atoms with Crippen LogP contribution in [0.2, 0.25) is 0 Å². The van der Waals surface area contributed by atoms with Crippen molar-refractivity contribution in [3.8, 4) is 5.75 Å². The number of fused-ring (bicyclic) bond motifs is 1. The number of aromatic hydroxyl groups is 1. The molecule has 112 valence electrons. The number of nitrogens with zero attached hydrogens (tertiary/aromatic N) is 1. The molecule has 0 atom stereocenters. The molecule has 3 aromatic rings. The van der Waals surface area contributed by atoms with Gasteiger partial charge in [0.2, 0.25) is 0 Å². The molecule has 3 heteroatoms. The zero-order valence-corrected chi connectivity index (χ0v) is 13.1. The molecule has 0 saturated carbocycles. The highest BCUT2D eigenvalue weighted by molar-refractivity contribution is 5.88. The fourth-order valence-corrected chi connectivity index (χ4v) is 2.70. The fraction of sp³-hybridized carbons (Fsp3) is 0.211. The Hall–Kier alpha value is -2.55. The molecule has 1 heterocycles. The highest BCUT2D eigenvalue weighted by Gasteiger charge is 2.09. The van der Waals surface area contributed by atoms with Crippen LogP contribution >= 0.6 is 0 Å². The number of hydrogen-bond donors (Lipinski definition) is 2. The summed E-state index contributed by atoms with van der Waals surface area (Å²) >= 11 is 0. The van der Waals surface area contributed by atoms with Crippen molar-refractivity contribution in [2.45, 2.75) is 27.3 Å². The van der Waals surface area contributed by atoms with Crippen LogP contribution in [0.4, 0.5) is 5.69 Å². The first-order chi connectivity index (χ1) is 10.5. The van der Waals surface area contributed by atoms with Gasteiger partial charge in [-0.05, 0) is 55.7 Å². The molecule has 0 amide bonds. The van der Waals surface area contributed by atoms with Crippen molar-refractivity contribution in [1.29, 1.82) is 0 Å². The molecule has 0 aliphatic heterocycles. The van der Waals surface area contributed by atoms with Crippen LogP contribution in [0.25, 0.3) is 10.9 Å². The summed E-state index contributed by atoms with van der Waals surface area (Å²) < 4.78 is 0. The third-order valence-electron chi connectivity index (χ3n) is 3.90. The zero-order valence-electron chi connectivity index (χ0n) is 13.1. The second kappa shape index (κ2) is 5.68. The van der Waals surface area contributed by atoms with Gasteiger partial charge in [0.1, 0.15) is 11.3 Å². The Morgan fingerprint density at radius 3 is 2.59 bits per heavy atom. The first-order valence-corrected chi connectivity index (χ1v) is 7.44. The first kappa shape index (κ1) is 14.4. The number of benzene rings is 2. The summed E-state index contributed by atoms with van der Waals surface area (Å²) in [6.45, 7) is 6.65. The fourth-order valence-electron chi connectivity index (χ4n) is 2.70. The summed E-state index contributed by atoms with van der Waals surface area (Å²) in [4.78, 5) is 4.62. The third-order valence-corrected chi connectivity index (χ3v) is 3.90. The van der Waals surface area contributed by atoms with Gasteiger partial charge in [-0.1, -0.05) is 24.3 Å². The number of nitrogens with one attached hydrogen (secondary N) is 1. The molecule has 2 aromatic carbocycles. The Labute approximate surface area is 130 Å². The van der Waals surface area contributed by atoms with Gasteiger partial charge >= 0.3 is 0 Å². The topological polar surface area (TPSA) is 45.1 Å². The van der Waals surface area contributed by atoms with Crippen molar-refractivity contribution in [2.24, 2.45) is 0 Å². The molecule has 0 aliphatic rings. The molecule has 0 fully saturated rings. The molecule has 0 unspecified atom stereocenters. The second-order valence-electron chi connectivity index (χ2n) is 5.78. The van der Waals surface area contributed by atoms with Gasteiger partial charge in [-0.15, -0.1) is 0 Å². The number of phenols is 1. The maximum atomic E-state index is 10.2. The van der Waals surface area contributed by atoms with E-state index < -0.39 is 0 Å². The average molecular weight is 292 g/mol. The predicted octanol–water partition coefficient (Wildman–Crippen LogP) is 4.48. The monoisotopic (exact) mass is 292 g/mol. The maximum Gasteiger partial charge on any atom is 0.144 e. The lowest BCUT2D eigenvalue weighted by Crippen LogP contribution is -2.02. The van der Waals surface area contributed by atoms with Gasteiger partial charge in [0, 0.05) is 11.1 Å². The van der Waals surface area contributed by atoms with Crippen LogP contribution in [0.15, 0.2) is 42.5 Å². The van der Waals surface area contributed by atoms with E-state index in [2.05, 4.69) is 29.4 Å². The molecule has 3 nitrogen and oxygen atoms in total. The number of aryl methyl sites for hydroxylation is 3. The maximum absolute atomic E-state index is 10.2. The minimum absolute atomic E-state index is 0.276. The van der Waals surface area contributed by atoms with E-state index in [1.165, 1.54) is 5.56 Å². The molecule has 0 radical (unpaired) electrons. The van der Waals surface area contributed by atoms with Crippen LogP contribution in [0.5, 0.6) is 5.75 Å².